The number of fused-ring (bicyclic) bond motifs is 1. The fraction of sp³-hybridized carbons (Fsp3) is 0.280. The fourth-order valence-electron chi connectivity index (χ4n) is 4.39. The maximum atomic E-state index is 12.4. The first-order chi connectivity index (χ1) is 15.3. The first-order valence-corrected chi connectivity index (χ1v) is 11.7. The van der Waals surface area contributed by atoms with E-state index in [1.807, 2.05) is 29.6 Å². The fourth-order valence-corrected chi connectivity index (χ4v) is 5.00. The van der Waals surface area contributed by atoms with E-state index in [4.69, 9.17) is 4.98 Å². The summed E-state index contributed by atoms with van der Waals surface area (Å²) in [6.07, 6.45) is 5.48. The molecular weight excluding hydrogens is 404 g/mol. The van der Waals surface area contributed by atoms with Crippen LogP contribution in [0.15, 0.2) is 66.2 Å². The van der Waals surface area contributed by atoms with Gasteiger partial charge in [-0.1, -0.05) is 36.4 Å². The third-order valence-corrected chi connectivity index (χ3v) is 6.99. The van der Waals surface area contributed by atoms with Crippen molar-refractivity contribution < 1.29 is 4.79 Å². The smallest absolute Gasteiger partial charge is 0.266 e. The van der Waals surface area contributed by atoms with E-state index < -0.39 is 0 Å². The van der Waals surface area contributed by atoms with Crippen LogP contribution in [0.2, 0.25) is 0 Å². The second-order valence-electron chi connectivity index (χ2n) is 8.12. The van der Waals surface area contributed by atoms with E-state index in [-0.39, 0.29) is 5.91 Å². The molecule has 158 valence electrons. The summed E-state index contributed by atoms with van der Waals surface area (Å²) in [4.78, 5) is 23.8. The molecule has 0 aliphatic carbocycles. The Morgan fingerprint density at radius 2 is 1.94 bits per heavy atom. The summed E-state index contributed by atoms with van der Waals surface area (Å²) in [5.74, 6) is 0.996. The zero-order valence-electron chi connectivity index (χ0n) is 17.4. The van der Waals surface area contributed by atoms with Crippen molar-refractivity contribution in [3.8, 4) is 0 Å². The number of piperidine rings is 1. The molecule has 1 aromatic carbocycles. The Morgan fingerprint density at radius 3 is 2.71 bits per heavy atom. The molecule has 5 nitrogen and oxygen atoms in total. The van der Waals surface area contributed by atoms with Crippen LogP contribution < -0.4 is 5.32 Å². The van der Waals surface area contributed by atoms with Gasteiger partial charge in [-0.05, 0) is 73.0 Å². The predicted molar refractivity (Wildman–Crippen MR) is 127 cm³/mol. The average molecular weight is 431 g/mol. The lowest BCUT2D eigenvalue weighted by atomic mass is 9.90. The lowest BCUT2D eigenvalue weighted by Crippen LogP contribution is -2.34. The number of amides is 1. The monoisotopic (exact) mass is 430 g/mol. The normalized spacial score (nSPS) is 15.4. The summed E-state index contributed by atoms with van der Waals surface area (Å²) < 4.78 is 0. The lowest BCUT2D eigenvalue weighted by Gasteiger charge is -2.31. The number of nitrogens with one attached hydrogen (secondary N) is 2. The quantitative estimate of drug-likeness (QED) is 0.436. The van der Waals surface area contributed by atoms with Crippen LogP contribution >= 0.6 is 11.3 Å². The minimum atomic E-state index is -0.106. The Balaban J connectivity index is 1.23. The molecule has 1 aliphatic heterocycles. The number of hydrogen-bond acceptors (Lipinski definition) is 4. The van der Waals surface area contributed by atoms with Crippen molar-refractivity contribution in [3.63, 3.8) is 0 Å². The zero-order chi connectivity index (χ0) is 21.0. The molecule has 6 heteroatoms. The summed E-state index contributed by atoms with van der Waals surface area (Å²) in [5, 5.41) is 4.84. The number of benzene rings is 1. The third-order valence-electron chi connectivity index (χ3n) is 6.13. The van der Waals surface area contributed by atoms with Gasteiger partial charge in [0.2, 0.25) is 0 Å². The van der Waals surface area contributed by atoms with Gasteiger partial charge >= 0.3 is 0 Å². The van der Waals surface area contributed by atoms with Gasteiger partial charge in [0.15, 0.2) is 0 Å². The molecule has 2 N–H and O–H groups in total. The van der Waals surface area contributed by atoms with Crippen LogP contribution in [0.25, 0.3) is 11.0 Å². The van der Waals surface area contributed by atoms with Gasteiger partial charge in [0.1, 0.15) is 5.82 Å². The Bertz CT molecular complexity index is 1140. The highest BCUT2D eigenvalue weighted by atomic mass is 32.1. The summed E-state index contributed by atoms with van der Waals surface area (Å²) in [7, 11) is 0. The van der Waals surface area contributed by atoms with Crippen LogP contribution in [0.5, 0.6) is 0 Å². The number of aromatic nitrogens is 2. The first kappa shape index (κ1) is 20.0. The van der Waals surface area contributed by atoms with E-state index in [1.54, 1.807) is 0 Å². The number of nitrogens with zero attached hydrogens (tertiary/aromatic N) is 2. The molecule has 0 spiro atoms. The van der Waals surface area contributed by atoms with Gasteiger partial charge in [0, 0.05) is 12.7 Å². The van der Waals surface area contributed by atoms with Gasteiger partial charge in [0.25, 0.3) is 5.91 Å². The van der Waals surface area contributed by atoms with E-state index in [0.717, 1.165) is 49.9 Å². The summed E-state index contributed by atoms with van der Waals surface area (Å²) in [6.45, 7) is 3.33. The van der Waals surface area contributed by atoms with Gasteiger partial charge in [-0.25, -0.2) is 4.98 Å². The van der Waals surface area contributed by atoms with E-state index in [0.29, 0.717) is 16.6 Å². The van der Waals surface area contributed by atoms with Crippen LogP contribution in [-0.2, 0) is 6.42 Å². The van der Waals surface area contributed by atoms with Gasteiger partial charge in [0.05, 0.1) is 15.9 Å². The first-order valence-electron chi connectivity index (χ1n) is 10.9. The number of aromatic amines is 1. The number of thiophene rings is 1. The molecule has 4 aromatic rings. The van der Waals surface area contributed by atoms with Crippen LogP contribution in [0.4, 0.5) is 5.82 Å². The van der Waals surface area contributed by atoms with Crippen molar-refractivity contribution in [2.45, 2.75) is 25.2 Å². The standard InChI is InChI=1S/C25H26N4OS/c30-25(22-7-4-16-31-22)28-23-9-8-21-24(27-23)20(17-26-21)19-11-14-29(15-12-19)13-10-18-5-2-1-3-6-18/h1-9,16-17,19,26H,10-15H2,(H,27,28,30). The largest absolute Gasteiger partial charge is 0.360 e. The highest BCUT2D eigenvalue weighted by molar-refractivity contribution is 7.12. The molecule has 31 heavy (non-hydrogen) atoms. The van der Waals surface area contributed by atoms with Gasteiger partial charge in [-0.15, -0.1) is 11.3 Å². The van der Waals surface area contributed by atoms with Crippen molar-refractivity contribution in [3.05, 3.63) is 82.2 Å². The minimum absolute atomic E-state index is 0.106. The molecule has 0 bridgehead atoms. The second-order valence-corrected chi connectivity index (χ2v) is 9.07. The molecule has 0 radical (unpaired) electrons. The average Bonchev–Trinajstić information content (AvgIpc) is 3.49. The number of hydrogen-bond donors (Lipinski definition) is 2. The Hall–Kier alpha value is -2.96. The van der Waals surface area contributed by atoms with Crippen LogP contribution in [0.3, 0.4) is 0 Å². The lowest BCUT2D eigenvalue weighted by molar-refractivity contribution is 0.103. The summed E-state index contributed by atoms with van der Waals surface area (Å²) >= 11 is 1.43. The maximum Gasteiger partial charge on any atom is 0.266 e. The topological polar surface area (TPSA) is 61.0 Å². The Kier molecular flexibility index (Phi) is 5.82. The van der Waals surface area contributed by atoms with E-state index in [9.17, 15) is 4.79 Å². The number of carbonyl (C=O) groups excluding carboxylic acids is 1. The highest BCUT2D eigenvalue weighted by Gasteiger charge is 2.23. The maximum absolute atomic E-state index is 12.4. The molecule has 1 amide bonds. The van der Waals surface area contributed by atoms with E-state index in [2.05, 4.69) is 51.7 Å². The molecule has 0 unspecified atom stereocenters. The Labute approximate surface area is 186 Å². The molecule has 4 heterocycles. The van der Waals surface area contributed by atoms with Crippen molar-refractivity contribution in [1.82, 2.24) is 14.9 Å². The minimum Gasteiger partial charge on any atom is -0.360 e. The molecule has 1 saturated heterocycles. The zero-order valence-corrected chi connectivity index (χ0v) is 18.2. The van der Waals surface area contributed by atoms with E-state index in [1.165, 1.54) is 22.5 Å². The second kappa shape index (κ2) is 9.04. The van der Waals surface area contributed by atoms with Crippen LogP contribution in [0, 0.1) is 0 Å². The number of pyridine rings is 1. The van der Waals surface area contributed by atoms with Crippen molar-refractivity contribution in [2.75, 3.05) is 25.0 Å². The van der Waals surface area contributed by atoms with Crippen LogP contribution in [0.1, 0.15) is 39.6 Å². The van der Waals surface area contributed by atoms with Crippen LogP contribution in [-0.4, -0.2) is 40.4 Å². The molecular formula is C25H26N4OS. The van der Waals surface area contributed by atoms with E-state index >= 15 is 0 Å². The van der Waals surface area contributed by atoms with Gasteiger partial charge < -0.3 is 15.2 Å². The van der Waals surface area contributed by atoms with Gasteiger partial charge in [-0.3, -0.25) is 4.79 Å². The molecule has 0 atom stereocenters. The molecule has 5 rings (SSSR count). The molecule has 3 aromatic heterocycles. The summed E-state index contributed by atoms with van der Waals surface area (Å²) in [5.41, 5.74) is 4.68. The molecule has 0 saturated carbocycles. The highest BCUT2D eigenvalue weighted by Crippen LogP contribution is 2.33. The summed E-state index contributed by atoms with van der Waals surface area (Å²) in [6, 6.07) is 18.3. The van der Waals surface area contributed by atoms with Crippen molar-refractivity contribution in [1.29, 1.82) is 0 Å². The SMILES string of the molecule is O=C(Nc1ccc2[nH]cc(C3CCN(CCc4ccccc4)CC3)c2n1)c1cccs1. The van der Waals surface area contributed by atoms with Gasteiger partial charge in [-0.2, -0.15) is 0 Å². The number of likely N-dealkylation sites (tertiary alicyclic amines) is 1. The predicted octanol–water partition coefficient (Wildman–Crippen LogP) is 5.30. The third kappa shape index (κ3) is 4.55. The molecule has 1 aliphatic rings. The number of rotatable bonds is 6. The molecule has 1 fully saturated rings. The van der Waals surface area contributed by atoms with Crippen molar-refractivity contribution in [2.24, 2.45) is 0 Å². The van der Waals surface area contributed by atoms with Crippen molar-refractivity contribution >= 4 is 34.1 Å². The number of anilines is 1. The number of H-pyrrole nitrogens is 1. The number of carbonyl (C=O) groups is 1. The Morgan fingerprint density at radius 1 is 1.10 bits per heavy atom.